The van der Waals surface area contributed by atoms with Crippen LogP contribution in [0.4, 0.5) is 10.1 Å². The van der Waals surface area contributed by atoms with E-state index in [1.54, 1.807) is 19.1 Å². The van der Waals surface area contributed by atoms with Crippen molar-refractivity contribution in [3.63, 3.8) is 0 Å². The molecule has 4 unspecified atom stereocenters. The predicted octanol–water partition coefficient (Wildman–Crippen LogP) is 2.36. The van der Waals surface area contributed by atoms with Crippen LogP contribution < -0.4 is 10.2 Å². The first-order valence-electron chi connectivity index (χ1n) is 8.12. The maximum absolute atomic E-state index is 14.9. The summed E-state index contributed by atoms with van der Waals surface area (Å²) in [4.78, 5) is 22.3. The number of benzene rings is 1. The first-order valence-corrected chi connectivity index (χ1v) is 9.13. The molecule has 1 saturated heterocycles. The van der Waals surface area contributed by atoms with Gasteiger partial charge in [-0.3, -0.25) is 14.8 Å². The third-order valence-electron chi connectivity index (χ3n) is 4.25. The summed E-state index contributed by atoms with van der Waals surface area (Å²) >= 11 is 5.81. The Labute approximate surface area is 157 Å². The molecule has 1 N–H and O–H groups in total. The smallest absolute Gasteiger partial charge is 0.238 e. The molecule has 1 aromatic carbocycles. The molecular weight excluding hydrogens is 376 g/mol. The molecule has 6 nitrogen and oxygen atoms in total. The number of amides is 1. The Bertz CT molecular complexity index is 885. The van der Waals surface area contributed by atoms with Crippen LogP contribution in [0.3, 0.4) is 0 Å². The van der Waals surface area contributed by atoms with Crippen molar-refractivity contribution in [2.24, 2.45) is 0 Å². The van der Waals surface area contributed by atoms with E-state index >= 15 is 0 Å². The van der Waals surface area contributed by atoms with Gasteiger partial charge < -0.3 is 10.2 Å². The number of fused-ring (bicyclic) bond motifs is 1. The van der Waals surface area contributed by atoms with E-state index in [4.69, 9.17) is 11.6 Å². The maximum atomic E-state index is 14.9. The fourth-order valence-electron chi connectivity index (χ4n) is 3.17. The third-order valence-corrected chi connectivity index (χ3v) is 4.87. The average molecular weight is 394 g/mol. The fraction of sp³-hybridized carbons (Fsp3) is 0.412. The summed E-state index contributed by atoms with van der Waals surface area (Å²) in [5.41, 5.74) is 2.09. The van der Waals surface area contributed by atoms with Gasteiger partial charge in [0.25, 0.3) is 0 Å². The number of aromatic nitrogens is 2. The van der Waals surface area contributed by atoms with Crippen LogP contribution in [-0.4, -0.2) is 45.8 Å². The molecule has 0 radical (unpaired) electrons. The Kier molecular flexibility index (Phi) is 5.27. The normalized spacial score (nSPS) is 24.1. The maximum Gasteiger partial charge on any atom is 0.238 e. The highest BCUT2D eigenvalue weighted by atomic mass is 35.5. The van der Waals surface area contributed by atoms with Crippen LogP contribution in [0.1, 0.15) is 18.9 Å². The van der Waals surface area contributed by atoms with Crippen LogP contribution in [0.25, 0.3) is 11.0 Å². The van der Waals surface area contributed by atoms with Crippen LogP contribution in [0.15, 0.2) is 24.5 Å². The van der Waals surface area contributed by atoms with E-state index in [2.05, 4.69) is 30.6 Å². The zero-order valence-corrected chi connectivity index (χ0v) is 16.0. The molecule has 1 aliphatic heterocycles. The molecule has 0 aliphatic carbocycles. The zero-order chi connectivity index (χ0) is 18.9. The number of halogens is 2. The van der Waals surface area contributed by atoms with Gasteiger partial charge in [-0.15, -0.1) is 11.6 Å². The summed E-state index contributed by atoms with van der Waals surface area (Å²) in [5.74, 6) is -0.330. The van der Waals surface area contributed by atoms with Crippen molar-refractivity contribution in [3.05, 3.63) is 30.1 Å². The van der Waals surface area contributed by atoms with Crippen LogP contribution in [0, 0.1) is 11.3 Å². The second-order valence-corrected chi connectivity index (χ2v) is 8.13. The van der Waals surface area contributed by atoms with Crippen LogP contribution >= 0.6 is 20.8 Å². The largest absolute Gasteiger partial charge is 0.364 e. The van der Waals surface area contributed by atoms with Gasteiger partial charge in [0.15, 0.2) is 0 Å². The van der Waals surface area contributed by atoms with Gasteiger partial charge in [0.2, 0.25) is 5.91 Å². The highest BCUT2D eigenvalue weighted by Gasteiger charge is 2.38. The number of hydrogen-bond acceptors (Lipinski definition) is 5. The van der Waals surface area contributed by atoms with Gasteiger partial charge >= 0.3 is 0 Å². The molecule has 2 heterocycles. The Morgan fingerprint density at radius 2 is 2.19 bits per heavy atom. The summed E-state index contributed by atoms with van der Waals surface area (Å²) in [6, 6.07) is 5.08. The molecule has 9 heteroatoms. The van der Waals surface area contributed by atoms with Crippen molar-refractivity contribution in [1.82, 2.24) is 15.3 Å². The lowest BCUT2D eigenvalue weighted by Crippen LogP contribution is -2.55. The minimum absolute atomic E-state index is 0.123. The molecule has 0 spiro atoms. The monoisotopic (exact) mass is 393 g/mol. The second kappa shape index (κ2) is 7.30. The van der Waals surface area contributed by atoms with Crippen LogP contribution in [0.5, 0.6) is 0 Å². The number of piperidine rings is 1. The van der Waals surface area contributed by atoms with Gasteiger partial charge in [-0.25, -0.2) is 4.39 Å². The molecule has 0 saturated carbocycles. The van der Waals surface area contributed by atoms with Crippen molar-refractivity contribution < 1.29 is 9.18 Å². The molecule has 1 amide bonds. The number of nitriles is 1. The third kappa shape index (κ3) is 3.87. The van der Waals surface area contributed by atoms with Crippen LogP contribution in [0.2, 0.25) is 0 Å². The van der Waals surface area contributed by atoms with Crippen molar-refractivity contribution in [1.29, 1.82) is 5.26 Å². The van der Waals surface area contributed by atoms with E-state index in [9.17, 15) is 14.4 Å². The number of rotatable bonds is 3. The fourth-order valence-corrected chi connectivity index (χ4v) is 3.74. The number of carbonyl (C=O) groups excluding carboxylic acids is 1. The van der Waals surface area contributed by atoms with E-state index in [1.165, 1.54) is 12.4 Å². The Morgan fingerprint density at radius 3 is 2.85 bits per heavy atom. The topological polar surface area (TPSA) is 81.9 Å². The number of nitrogens with one attached hydrogen (secondary N) is 1. The molecule has 136 valence electrons. The average Bonchev–Trinajstić information content (AvgIpc) is 2.59. The Morgan fingerprint density at radius 1 is 1.50 bits per heavy atom. The van der Waals surface area contributed by atoms with E-state index in [0.717, 1.165) is 0 Å². The first-order chi connectivity index (χ1) is 12.3. The van der Waals surface area contributed by atoms with Gasteiger partial charge in [0, 0.05) is 31.4 Å². The van der Waals surface area contributed by atoms with Gasteiger partial charge in [0.1, 0.15) is 27.9 Å². The molecule has 1 fully saturated rings. The lowest BCUT2D eigenvalue weighted by atomic mass is 10.0. The number of alkyl halides is 2. The molecular formula is C17H18ClFN5OP. The van der Waals surface area contributed by atoms with Gasteiger partial charge in [-0.1, -0.05) is 9.24 Å². The molecule has 26 heavy (non-hydrogen) atoms. The number of nitrogens with zero attached hydrogens (tertiary/aromatic N) is 4. The van der Waals surface area contributed by atoms with Crippen molar-refractivity contribution >= 4 is 43.5 Å². The highest BCUT2D eigenvalue weighted by molar-refractivity contribution is 7.18. The summed E-state index contributed by atoms with van der Waals surface area (Å²) in [7, 11) is 2.22. The quantitative estimate of drug-likeness (QED) is 0.639. The van der Waals surface area contributed by atoms with Gasteiger partial charge in [-0.2, -0.15) is 5.26 Å². The van der Waals surface area contributed by atoms with Crippen molar-refractivity contribution in [2.45, 2.75) is 30.2 Å². The zero-order valence-electron chi connectivity index (χ0n) is 14.1. The summed E-state index contributed by atoms with van der Waals surface area (Å²) < 4.78 is 14.9. The highest BCUT2D eigenvalue weighted by Crippen LogP contribution is 2.36. The summed E-state index contributed by atoms with van der Waals surface area (Å²) in [6.45, 7) is 2.11. The Hall–Kier alpha value is -2.03. The number of carbonyl (C=O) groups is 1. The van der Waals surface area contributed by atoms with E-state index < -0.39 is 16.8 Å². The summed E-state index contributed by atoms with van der Waals surface area (Å²) in [5, 5.41) is 9.78. The molecule has 3 rings (SSSR count). The van der Waals surface area contributed by atoms with Crippen LogP contribution in [-0.2, 0) is 4.79 Å². The summed E-state index contributed by atoms with van der Waals surface area (Å²) in [6.07, 6.45) is 3.22. The minimum atomic E-state index is -1.58. The van der Waals surface area contributed by atoms with Crippen molar-refractivity contribution in [3.8, 4) is 6.07 Å². The Balaban J connectivity index is 1.97. The lowest BCUT2D eigenvalue weighted by Gasteiger charge is -2.41. The van der Waals surface area contributed by atoms with E-state index in [-0.39, 0.29) is 18.9 Å². The molecule has 0 bridgehead atoms. The molecule has 1 aromatic heterocycles. The SMILES string of the molecule is CC(Cl)C(=O)NC1CN(c2ccc(C#N)c3nccnc23)CC(F)(P)C1. The molecule has 2 aromatic rings. The van der Waals surface area contributed by atoms with E-state index in [1.807, 2.05) is 4.90 Å². The lowest BCUT2D eigenvalue weighted by molar-refractivity contribution is -0.121. The van der Waals surface area contributed by atoms with Gasteiger partial charge in [0.05, 0.1) is 17.8 Å². The molecule has 1 aliphatic rings. The predicted molar refractivity (Wildman–Crippen MR) is 102 cm³/mol. The second-order valence-electron chi connectivity index (χ2n) is 6.44. The first kappa shape index (κ1) is 18.8. The minimum Gasteiger partial charge on any atom is -0.364 e. The molecule has 4 atom stereocenters. The standard InChI is InChI=1S/C17H18ClFN5OP/c1-10(18)16(25)23-12-6-17(19,26)9-24(8-12)13-3-2-11(7-20)14-15(13)22-5-4-21-14/h2-5,10,12H,6,8-9,26H2,1H3,(H,23,25). The number of anilines is 1. The van der Waals surface area contributed by atoms with Crippen molar-refractivity contribution in [2.75, 3.05) is 18.0 Å². The van der Waals surface area contributed by atoms with E-state index in [0.29, 0.717) is 28.8 Å². The van der Waals surface area contributed by atoms with Gasteiger partial charge in [-0.05, 0) is 19.1 Å². The number of hydrogen-bond donors (Lipinski definition) is 1.